The molecule has 0 saturated carbocycles. The fraction of sp³-hybridized carbons (Fsp3) is 0.800. The van der Waals surface area contributed by atoms with Crippen LogP contribution >= 0.6 is 39.1 Å². The van der Waals surface area contributed by atoms with Crippen molar-refractivity contribution in [2.45, 2.75) is 16.6 Å². The van der Waals surface area contributed by atoms with Crippen molar-refractivity contribution in [3.8, 4) is 0 Å². The van der Waals surface area contributed by atoms with Gasteiger partial charge in [-0.1, -0.05) is 39.1 Å². The number of hydrogen-bond acceptors (Lipinski definition) is 2. The summed E-state index contributed by atoms with van der Waals surface area (Å²) in [6.07, 6.45) is 0. The Morgan fingerprint density at radius 3 is 2.50 bits per heavy atom. The molecule has 0 aliphatic carbocycles. The van der Waals surface area contributed by atoms with Crippen LogP contribution in [0.25, 0.3) is 0 Å². The molecule has 0 fully saturated rings. The predicted molar refractivity (Wildman–Crippen MR) is 44.8 cm³/mol. The zero-order chi connectivity index (χ0) is 8.15. The number of ether oxygens (including phenoxy) is 1. The minimum Gasteiger partial charge on any atom is -0.463 e. The summed E-state index contributed by atoms with van der Waals surface area (Å²) in [5.41, 5.74) is 0. The Hall–Kier alpha value is 0.530. The zero-order valence-corrected chi connectivity index (χ0v) is 8.41. The molecule has 0 aromatic carbocycles. The Bertz CT molecular complexity index is 116. The lowest BCUT2D eigenvalue weighted by Gasteiger charge is -2.05. The highest BCUT2D eigenvalue weighted by molar-refractivity contribution is 9.09. The number of halogens is 3. The van der Waals surface area contributed by atoms with E-state index >= 15 is 0 Å². The van der Waals surface area contributed by atoms with Crippen LogP contribution in [0.3, 0.4) is 0 Å². The van der Waals surface area contributed by atoms with Crippen molar-refractivity contribution in [3.05, 3.63) is 0 Å². The van der Waals surface area contributed by atoms with Gasteiger partial charge in [-0.3, -0.25) is 0 Å². The van der Waals surface area contributed by atoms with Crippen LogP contribution in [-0.4, -0.2) is 22.2 Å². The van der Waals surface area contributed by atoms with E-state index < -0.39 is 10.8 Å². The summed E-state index contributed by atoms with van der Waals surface area (Å²) in [5.74, 6) is -0.602. The van der Waals surface area contributed by atoms with Gasteiger partial charge in [0.25, 0.3) is 0 Å². The molecule has 0 aromatic rings. The molecule has 0 N–H and O–H groups in total. The monoisotopic (exact) mass is 248 g/mol. The fourth-order valence-corrected chi connectivity index (χ4v) is 0.518. The van der Waals surface area contributed by atoms with Crippen molar-refractivity contribution < 1.29 is 9.53 Å². The standard InChI is InChI=1S/C5H7BrCl2O2/c1-3(6)2-10-5(9)4(7)8/h3-4H,2H2,1H3. The van der Waals surface area contributed by atoms with Crippen molar-refractivity contribution in [2.75, 3.05) is 6.61 Å². The van der Waals surface area contributed by atoms with Crippen molar-refractivity contribution in [1.82, 2.24) is 0 Å². The van der Waals surface area contributed by atoms with E-state index in [0.29, 0.717) is 0 Å². The third kappa shape index (κ3) is 5.33. The van der Waals surface area contributed by atoms with Crippen molar-refractivity contribution in [2.24, 2.45) is 0 Å². The van der Waals surface area contributed by atoms with Gasteiger partial charge in [-0.15, -0.1) is 0 Å². The molecule has 0 amide bonds. The number of esters is 1. The molecular weight excluding hydrogens is 243 g/mol. The lowest BCUT2D eigenvalue weighted by Crippen LogP contribution is -2.16. The summed E-state index contributed by atoms with van der Waals surface area (Å²) in [7, 11) is 0. The highest BCUT2D eigenvalue weighted by Crippen LogP contribution is 2.05. The maximum atomic E-state index is 10.5. The highest BCUT2D eigenvalue weighted by atomic mass is 79.9. The molecule has 1 unspecified atom stereocenters. The number of carbonyl (C=O) groups excluding carboxylic acids is 1. The normalized spacial score (nSPS) is 13.3. The van der Waals surface area contributed by atoms with E-state index in [1.807, 2.05) is 6.92 Å². The second kappa shape index (κ2) is 5.22. The number of carbonyl (C=O) groups is 1. The van der Waals surface area contributed by atoms with Crippen LogP contribution in [0.2, 0.25) is 0 Å². The van der Waals surface area contributed by atoms with E-state index in [-0.39, 0.29) is 11.4 Å². The Morgan fingerprint density at radius 2 is 2.20 bits per heavy atom. The maximum Gasteiger partial charge on any atom is 0.339 e. The van der Waals surface area contributed by atoms with Crippen molar-refractivity contribution in [1.29, 1.82) is 0 Å². The number of hydrogen-bond donors (Lipinski definition) is 0. The van der Waals surface area contributed by atoms with Gasteiger partial charge in [0.05, 0.1) is 0 Å². The average Bonchev–Trinajstić information content (AvgIpc) is 1.82. The van der Waals surface area contributed by atoms with Gasteiger partial charge in [-0.05, 0) is 6.92 Å². The van der Waals surface area contributed by atoms with Gasteiger partial charge in [-0.25, -0.2) is 4.79 Å². The largest absolute Gasteiger partial charge is 0.463 e. The predicted octanol–water partition coefficient (Wildman–Crippen LogP) is 2.12. The first-order valence-corrected chi connectivity index (χ1v) is 4.41. The summed E-state index contributed by atoms with van der Waals surface area (Å²) < 4.78 is 4.62. The molecule has 10 heavy (non-hydrogen) atoms. The molecule has 1 atom stereocenters. The minimum absolute atomic E-state index is 0.128. The molecule has 0 spiro atoms. The third-order valence-electron chi connectivity index (χ3n) is 0.633. The Kier molecular flexibility index (Phi) is 5.49. The SMILES string of the molecule is CC(Br)COC(=O)C(Cl)Cl. The number of alkyl halides is 3. The molecule has 0 radical (unpaired) electrons. The van der Waals surface area contributed by atoms with Gasteiger partial charge in [0.15, 0.2) is 0 Å². The third-order valence-corrected chi connectivity index (χ3v) is 1.25. The van der Waals surface area contributed by atoms with Crippen LogP contribution in [-0.2, 0) is 9.53 Å². The second-order valence-electron chi connectivity index (χ2n) is 1.71. The molecule has 0 saturated heterocycles. The van der Waals surface area contributed by atoms with Crippen LogP contribution in [0.5, 0.6) is 0 Å². The molecule has 0 rings (SSSR count). The van der Waals surface area contributed by atoms with Crippen LogP contribution in [0.1, 0.15) is 6.92 Å². The van der Waals surface area contributed by atoms with Crippen LogP contribution in [0, 0.1) is 0 Å². The molecule has 2 nitrogen and oxygen atoms in total. The highest BCUT2D eigenvalue weighted by Gasteiger charge is 2.12. The lowest BCUT2D eigenvalue weighted by atomic mass is 10.5. The van der Waals surface area contributed by atoms with Crippen molar-refractivity contribution >= 4 is 45.1 Å². The molecule has 0 heterocycles. The summed E-state index contributed by atoms with van der Waals surface area (Å²) in [6, 6.07) is 0. The molecule has 5 heteroatoms. The smallest absolute Gasteiger partial charge is 0.339 e. The summed E-state index contributed by atoms with van der Waals surface area (Å²) >= 11 is 13.6. The molecule has 0 aliphatic heterocycles. The lowest BCUT2D eigenvalue weighted by molar-refractivity contribution is -0.141. The van der Waals surface area contributed by atoms with Crippen LogP contribution in [0.4, 0.5) is 0 Å². The first kappa shape index (κ1) is 10.5. The Morgan fingerprint density at radius 1 is 1.70 bits per heavy atom. The fourth-order valence-electron chi connectivity index (χ4n) is 0.260. The van der Waals surface area contributed by atoms with E-state index in [4.69, 9.17) is 23.2 Å². The molecular formula is C5H7BrCl2O2. The van der Waals surface area contributed by atoms with E-state index in [1.54, 1.807) is 0 Å². The Balaban J connectivity index is 3.40. The Labute approximate surface area is 77.9 Å². The van der Waals surface area contributed by atoms with Crippen LogP contribution in [0.15, 0.2) is 0 Å². The average molecular weight is 250 g/mol. The molecule has 0 aliphatic rings. The van der Waals surface area contributed by atoms with Gasteiger partial charge in [0.2, 0.25) is 4.84 Å². The van der Waals surface area contributed by atoms with E-state index in [2.05, 4.69) is 20.7 Å². The number of rotatable bonds is 3. The van der Waals surface area contributed by atoms with E-state index in [9.17, 15) is 4.79 Å². The van der Waals surface area contributed by atoms with Gasteiger partial charge < -0.3 is 4.74 Å². The van der Waals surface area contributed by atoms with Gasteiger partial charge in [0, 0.05) is 4.83 Å². The summed E-state index contributed by atoms with van der Waals surface area (Å²) in [5, 5.41) is 0. The summed E-state index contributed by atoms with van der Waals surface area (Å²) in [4.78, 5) is 9.59. The van der Waals surface area contributed by atoms with Gasteiger partial charge in [0.1, 0.15) is 6.61 Å². The van der Waals surface area contributed by atoms with E-state index in [0.717, 1.165) is 0 Å². The first-order valence-electron chi connectivity index (χ1n) is 2.63. The van der Waals surface area contributed by atoms with E-state index in [1.165, 1.54) is 0 Å². The minimum atomic E-state index is -1.08. The topological polar surface area (TPSA) is 26.3 Å². The van der Waals surface area contributed by atoms with Gasteiger partial charge >= 0.3 is 5.97 Å². The zero-order valence-electron chi connectivity index (χ0n) is 5.31. The molecule has 0 bridgehead atoms. The quantitative estimate of drug-likeness (QED) is 0.566. The van der Waals surface area contributed by atoms with Crippen molar-refractivity contribution in [3.63, 3.8) is 0 Å². The van der Waals surface area contributed by atoms with Gasteiger partial charge in [-0.2, -0.15) is 0 Å². The molecule has 0 aromatic heterocycles. The molecule has 60 valence electrons. The first-order chi connectivity index (χ1) is 4.54. The van der Waals surface area contributed by atoms with Crippen LogP contribution < -0.4 is 0 Å². The second-order valence-corrected chi connectivity index (χ2v) is 4.37. The summed E-state index contributed by atoms with van der Waals surface area (Å²) in [6.45, 7) is 2.14. The maximum absolute atomic E-state index is 10.5.